The SMILES string of the molecule is CC(C)CNC(=O)C=C(C=CCCCCCCOCc1cc(C(F)(F)F)cc(C(F)(F)F)c1)CF. The van der Waals surface area contributed by atoms with E-state index in [0.717, 1.165) is 19.3 Å². The molecule has 0 heterocycles. The lowest BCUT2D eigenvalue weighted by Gasteiger charge is -2.14. The summed E-state index contributed by atoms with van der Waals surface area (Å²) in [6.07, 6.45) is -1.53. The molecule has 0 fully saturated rings. The summed E-state index contributed by atoms with van der Waals surface area (Å²) in [4.78, 5) is 11.7. The van der Waals surface area contributed by atoms with Gasteiger partial charge in [0.25, 0.3) is 0 Å². The van der Waals surface area contributed by atoms with Crippen molar-refractivity contribution in [3.05, 3.63) is 58.7 Å². The summed E-state index contributed by atoms with van der Waals surface area (Å²) < 4.78 is 95.6. The van der Waals surface area contributed by atoms with Crippen LogP contribution in [0.3, 0.4) is 0 Å². The van der Waals surface area contributed by atoms with Crippen molar-refractivity contribution < 1.29 is 40.3 Å². The maximum absolute atomic E-state index is 13.0. The van der Waals surface area contributed by atoms with Crippen molar-refractivity contribution in [3.63, 3.8) is 0 Å². The number of carbonyl (C=O) groups is 1. The highest BCUT2D eigenvalue weighted by Gasteiger charge is 2.36. The van der Waals surface area contributed by atoms with Gasteiger partial charge in [-0.1, -0.05) is 38.8 Å². The number of hydrogen-bond acceptors (Lipinski definition) is 2. The van der Waals surface area contributed by atoms with Crippen molar-refractivity contribution in [2.75, 3.05) is 19.8 Å². The second-order valence-electron chi connectivity index (χ2n) is 8.56. The van der Waals surface area contributed by atoms with E-state index in [1.54, 1.807) is 12.2 Å². The molecule has 0 bridgehead atoms. The fraction of sp³-hybridized carbons (Fsp3) is 0.560. The molecule has 10 heteroatoms. The number of allylic oxidation sites excluding steroid dienone is 3. The fourth-order valence-corrected chi connectivity index (χ4v) is 3.00. The summed E-state index contributed by atoms with van der Waals surface area (Å²) in [5.74, 6) is -0.0410. The van der Waals surface area contributed by atoms with E-state index in [4.69, 9.17) is 4.74 Å². The van der Waals surface area contributed by atoms with Crippen LogP contribution in [0, 0.1) is 5.92 Å². The van der Waals surface area contributed by atoms with Gasteiger partial charge in [-0.2, -0.15) is 26.3 Å². The Kier molecular flexibility index (Phi) is 13.1. The van der Waals surface area contributed by atoms with E-state index < -0.39 is 30.2 Å². The first kappa shape index (κ1) is 30.7. The van der Waals surface area contributed by atoms with E-state index in [0.29, 0.717) is 37.4 Å². The molecule has 0 radical (unpaired) electrons. The Bertz CT molecular complexity index is 811. The molecule has 1 rings (SSSR count). The molecule has 1 aromatic carbocycles. The third-order valence-corrected chi connectivity index (χ3v) is 4.81. The summed E-state index contributed by atoms with van der Waals surface area (Å²) in [5.41, 5.74) is -2.63. The molecule has 0 atom stereocenters. The molecule has 0 unspecified atom stereocenters. The van der Waals surface area contributed by atoms with Gasteiger partial charge in [0.05, 0.1) is 17.7 Å². The number of alkyl halides is 7. The number of carbonyl (C=O) groups excluding carboxylic acids is 1. The number of unbranched alkanes of at least 4 members (excludes halogenated alkanes) is 4. The van der Waals surface area contributed by atoms with Crippen molar-refractivity contribution >= 4 is 5.91 Å². The largest absolute Gasteiger partial charge is 0.416 e. The maximum Gasteiger partial charge on any atom is 0.416 e. The lowest BCUT2D eigenvalue weighted by atomic mass is 10.1. The summed E-state index contributed by atoms with van der Waals surface area (Å²) in [6, 6.07) is 1.41. The molecule has 3 nitrogen and oxygen atoms in total. The van der Waals surface area contributed by atoms with Gasteiger partial charge in [-0.15, -0.1) is 0 Å². The zero-order chi connectivity index (χ0) is 26.5. The number of hydrogen-bond donors (Lipinski definition) is 1. The monoisotopic (exact) mass is 511 g/mol. The Hall–Kier alpha value is -2.36. The second kappa shape index (κ2) is 14.9. The van der Waals surface area contributed by atoms with Crippen LogP contribution in [0.15, 0.2) is 42.0 Å². The molecule has 0 saturated heterocycles. The molecule has 0 aliphatic rings. The molecule has 35 heavy (non-hydrogen) atoms. The Labute approximate surface area is 201 Å². The van der Waals surface area contributed by atoms with Crippen molar-refractivity contribution in [3.8, 4) is 0 Å². The van der Waals surface area contributed by atoms with Gasteiger partial charge in [0.1, 0.15) is 6.67 Å². The van der Waals surface area contributed by atoms with Crippen LogP contribution >= 0.6 is 0 Å². The van der Waals surface area contributed by atoms with Crippen LogP contribution in [0.1, 0.15) is 62.6 Å². The molecular formula is C25H32F7NO2. The van der Waals surface area contributed by atoms with Crippen LogP contribution in [-0.2, 0) is 28.5 Å². The second-order valence-corrected chi connectivity index (χ2v) is 8.56. The number of amides is 1. The highest BCUT2D eigenvalue weighted by atomic mass is 19.4. The van der Waals surface area contributed by atoms with Crippen molar-refractivity contribution in [2.24, 2.45) is 5.92 Å². The molecule has 1 N–H and O–H groups in total. The molecule has 1 aromatic rings. The van der Waals surface area contributed by atoms with Crippen LogP contribution in [-0.4, -0.2) is 25.7 Å². The average molecular weight is 512 g/mol. The van der Waals surface area contributed by atoms with Gasteiger partial charge >= 0.3 is 12.4 Å². The van der Waals surface area contributed by atoms with Gasteiger partial charge in [-0.05, 0) is 54.5 Å². The van der Waals surface area contributed by atoms with E-state index in [1.807, 2.05) is 13.8 Å². The quantitative estimate of drug-likeness (QED) is 0.122. The first-order chi connectivity index (χ1) is 16.3. The number of ether oxygens (including phenoxy) is 1. The van der Waals surface area contributed by atoms with Crippen LogP contribution in [0.4, 0.5) is 30.7 Å². The van der Waals surface area contributed by atoms with Gasteiger partial charge in [-0.25, -0.2) is 4.39 Å². The highest BCUT2D eigenvalue weighted by Crippen LogP contribution is 2.36. The molecular weight excluding hydrogens is 479 g/mol. The Balaban J connectivity index is 2.34. The fourth-order valence-electron chi connectivity index (χ4n) is 3.00. The maximum atomic E-state index is 13.0. The lowest BCUT2D eigenvalue weighted by Crippen LogP contribution is -2.25. The number of benzene rings is 1. The van der Waals surface area contributed by atoms with Gasteiger partial charge in [0.2, 0.25) is 5.91 Å². The summed E-state index contributed by atoms with van der Waals surface area (Å²) >= 11 is 0. The van der Waals surface area contributed by atoms with Crippen LogP contribution in [0.5, 0.6) is 0 Å². The third-order valence-electron chi connectivity index (χ3n) is 4.81. The topological polar surface area (TPSA) is 38.3 Å². The minimum Gasteiger partial charge on any atom is -0.377 e. The van der Waals surface area contributed by atoms with E-state index in [1.165, 1.54) is 6.08 Å². The van der Waals surface area contributed by atoms with Gasteiger partial charge in [-0.3, -0.25) is 4.79 Å². The molecule has 0 aliphatic heterocycles. The first-order valence-corrected chi connectivity index (χ1v) is 11.4. The van der Waals surface area contributed by atoms with Gasteiger partial charge in [0.15, 0.2) is 0 Å². The van der Waals surface area contributed by atoms with Gasteiger partial charge in [0, 0.05) is 19.2 Å². The summed E-state index contributed by atoms with van der Waals surface area (Å²) in [5, 5.41) is 2.68. The van der Waals surface area contributed by atoms with Crippen molar-refractivity contribution in [1.29, 1.82) is 0 Å². The summed E-state index contributed by atoms with van der Waals surface area (Å²) in [6.45, 7) is 3.52. The minimum atomic E-state index is -4.88. The highest BCUT2D eigenvalue weighted by molar-refractivity contribution is 5.88. The zero-order valence-corrected chi connectivity index (χ0v) is 19.9. The number of halogens is 7. The molecule has 0 aromatic heterocycles. The standard InChI is InChI=1S/C25H32F7NO2/c1-18(2)16-33-23(34)13-19(15-26)9-7-5-3-4-6-8-10-35-17-20-11-21(24(27,28)29)14-22(12-20)25(30,31)32/h7,9,11-14,18H,3-6,8,10,15-17H2,1-2H3,(H,33,34). The predicted molar refractivity (Wildman–Crippen MR) is 120 cm³/mol. The third kappa shape index (κ3) is 13.3. The minimum absolute atomic E-state index is 0.0892. The number of nitrogens with one attached hydrogen (secondary N) is 1. The first-order valence-electron chi connectivity index (χ1n) is 11.4. The molecule has 0 spiro atoms. The van der Waals surface area contributed by atoms with E-state index >= 15 is 0 Å². The summed E-state index contributed by atoms with van der Waals surface area (Å²) in [7, 11) is 0. The van der Waals surface area contributed by atoms with E-state index in [9.17, 15) is 35.5 Å². The molecule has 0 saturated carbocycles. The molecule has 0 aliphatic carbocycles. The Morgan fingerprint density at radius 2 is 1.57 bits per heavy atom. The molecule has 198 valence electrons. The van der Waals surface area contributed by atoms with Crippen LogP contribution < -0.4 is 5.32 Å². The van der Waals surface area contributed by atoms with E-state index in [-0.39, 0.29) is 36.3 Å². The van der Waals surface area contributed by atoms with Crippen molar-refractivity contribution in [2.45, 2.75) is 64.9 Å². The van der Waals surface area contributed by atoms with Crippen LogP contribution in [0.25, 0.3) is 0 Å². The zero-order valence-electron chi connectivity index (χ0n) is 19.9. The number of rotatable bonds is 14. The average Bonchev–Trinajstić information content (AvgIpc) is 2.76. The molecule has 1 amide bonds. The Morgan fingerprint density at radius 1 is 0.971 bits per heavy atom. The van der Waals surface area contributed by atoms with E-state index in [2.05, 4.69) is 5.32 Å². The van der Waals surface area contributed by atoms with Gasteiger partial charge < -0.3 is 10.1 Å². The normalized spacial score (nSPS) is 13.1. The lowest BCUT2D eigenvalue weighted by molar-refractivity contribution is -0.143. The Morgan fingerprint density at radius 3 is 2.11 bits per heavy atom. The van der Waals surface area contributed by atoms with Crippen molar-refractivity contribution in [1.82, 2.24) is 5.32 Å². The predicted octanol–water partition coefficient (Wildman–Crippen LogP) is 7.42. The smallest absolute Gasteiger partial charge is 0.377 e. The van der Waals surface area contributed by atoms with Crippen LogP contribution in [0.2, 0.25) is 0 Å².